The van der Waals surface area contributed by atoms with Crippen LogP contribution >= 0.6 is 0 Å². The Bertz CT molecular complexity index is 647. The lowest BCUT2D eigenvalue weighted by molar-refractivity contribution is 0.0564. The first kappa shape index (κ1) is 14.9. The number of nitrogens with zero attached hydrogens (tertiary/aromatic N) is 2. The van der Waals surface area contributed by atoms with Crippen LogP contribution in [0.3, 0.4) is 0 Å². The van der Waals surface area contributed by atoms with Gasteiger partial charge in [-0.3, -0.25) is 9.78 Å². The fourth-order valence-corrected chi connectivity index (χ4v) is 1.92. The number of benzene rings is 1. The molecule has 0 amide bonds. The van der Waals surface area contributed by atoms with Crippen molar-refractivity contribution in [3.8, 4) is 6.07 Å². The van der Waals surface area contributed by atoms with Crippen LogP contribution in [0.15, 0.2) is 48.7 Å². The molecule has 0 N–H and O–H groups in total. The lowest BCUT2D eigenvalue weighted by Gasteiger charge is -2.12. The molecule has 0 saturated heterocycles. The third kappa shape index (κ3) is 4.23. The van der Waals surface area contributed by atoms with E-state index in [2.05, 4.69) is 11.1 Å². The number of hydrogen-bond donors (Lipinski definition) is 0. The van der Waals surface area contributed by atoms with Gasteiger partial charge in [0.25, 0.3) is 0 Å². The van der Waals surface area contributed by atoms with Gasteiger partial charge >= 0.3 is 0 Å². The van der Waals surface area contributed by atoms with Crippen LogP contribution in [0.1, 0.15) is 41.1 Å². The molecule has 1 heterocycles. The Morgan fingerprint density at radius 3 is 2.81 bits per heavy atom. The van der Waals surface area contributed by atoms with E-state index in [1.807, 2.05) is 25.1 Å². The fraction of sp³-hybridized carbons (Fsp3) is 0.235. The summed E-state index contributed by atoms with van der Waals surface area (Å²) in [6.45, 7) is 2.18. The molecule has 0 spiro atoms. The van der Waals surface area contributed by atoms with Gasteiger partial charge in [-0.1, -0.05) is 30.3 Å². The molecule has 21 heavy (non-hydrogen) atoms. The van der Waals surface area contributed by atoms with Gasteiger partial charge in [0, 0.05) is 18.2 Å². The molecule has 1 atom stereocenters. The van der Waals surface area contributed by atoms with Crippen molar-refractivity contribution in [2.24, 2.45) is 0 Å². The molecular weight excluding hydrogens is 264 g/mol. The number of ketones is 1. The zero-order chi connectivity index (χ0) is 15.1. The maximum absolute atomic E-state index is 11.9. The Labute approximate surface area is 124 Å². The topological polar surface area (TPSA) is 63.0 Å². The summed E-state index contributed by atoms with van der Waals surface area (Å²) in [5, 5.41) is 8.86. The summed E-state index contributed by atoms with van der Waals surface area (Å²) in [6, 6.07) is 14.6. The van der Waals surface area contributed by atoms with Crippen molar-refractivity contribution < 1.29 is 9.53 Å². The van der Waals surface area contributed by atoms with Crippen molar-refractivity contribution in [3.05, 3.63) is 65.5 Å². The van der Waals surface area contributed by atoms with Crippen LogP contribution in [-0.4, -0.2) is 17.4 Å². The summed E-state index contributed by atoms with van der Waals surface area (Å²) in [5.74, 6) is 0.0570. The third-order valence-electron chi connectivity index (χ3n) is 3.12. The van der Waals surface area contributed by atoms with E-state index in [4.69, 9.17) is 10.00 Å². The molecular formula is C17H16N2O2. The zero-order valence-electron chi connectivity index (χ0n) is 11.8. The van der Waals surface area contributed by atoms with Crippen LogP contribution in [0, 0.1) is 11.3 Å². The molecule has 0 aliphatic carbocycles. The Morgan fingerprint density at radius 1 is 1.33 bits per heavy atom. The molecule has 1 aromatic heterocycles. The van der Waals surface area contributed by atoms with Crippen molar-refractivity contribution in [2.45, 2.75) is 19.4 Å². The predicted octanol–water partition coefficient (Wildman–Crippen LogP) is 3.30. The van der Waals surface area contributed by atoms with Crippen molar-refractivity contribution in [1.82, 2.24) is 4.98 Å². The van der Waals surface area contributed by atoms with Crippen molar-refractivity contribution >= 4 is 5.78 Å². The number of pyridine rings is 1. The van der Waals surface area contributed by atoms with Crippen molar-refractivity contribution in [1.29, 1.82) is 5.26 Å². The van der Waals surface area contributed by atoms with E-state index < -0.39 is 0 Å². The first-order valence-electron chi connectivity index (χ1n) is 6.76. The molecule has 0 fully saturated rings. The summed E-state index contributed by atoms with van der Waals surface area (Å²) in [7, 11) is 0. The Hall–Kier alpha value is -2.51. The molecule has 4 heteroatoms. The van der Waals surface area contributed by atoms with E-state index in [9.17, 15) is 4.79 Å². The maximum atomic E-state index is 11.9. The van der Waals surface area contributed by atoms with Gasteiger partial charge in [0.2, 0.25) is 0 Å². The minimum Gasteiger partial charge on any atom is -0.372 e. The first-order valence-corrected chi connectivity index (χ1v) is 6.76. The summed E-state index contributed by atoms with van der Waals surface area (Å²) in [4.78, 5) is 16.1. The summed E-state index contributed by atoms with van der Waals surface area (Å²) >= 11 is 0. The molecule has 0 aliphatic heterocycles. The first-order chi connectivity index (χ1) is 10.2. The number of ether oxygens (including phenoxy) is 1. The highest BCUT2D eigenvalue weighted by Gasteiger charge is 2.10. The van der Waals surface area contributed by atoms with Crippen LogP contribution in [0.25, 0.3) is 0 Å². The van der Waals surface area contributed by atoms with Crippen LogP contribution in [0.2, 0.25) is 0 Å². The van der Waals surface area contributed by atoms with Crippen molar-refractivity contribution in [3.63, 3.8) is 0 Å². The minimum absolute atomic E-state index is 0.0570. The average Bonchev–Trinajstić information content (AvgIpc) is 2.55. The maximum Gasteiger partial charge on any atom is 0.165 e. The van der Waals surface area contributed by atoms with Crippen molar-refractivity contribution in [2.75, 3.05) is 6.61 Å². The molecule has 106 valence electrons. The second kappa shape index (κ2) is 7.32. The summed E-state index contributed by atoms with van der Waals surface area (Å²) < 4.78 is 5.63. The van der Waals surface area contributed by atoms with Gasteiger partial charge in [-0.2, -0.15) is 5.26 Å². The molecule has 0 saturated carbocycles. The van der Waals surface area contributed by atoms with Gasteiger partial charge in [-0.25, -0.2) is 0 Å². The van der Waals surface area contributed by atoms with Gasteiger partial charge in [0.1, 0.15) is 0 Å². The van der Waals surface area contributed by atoms with E-state index >= 15 is 0 Å². The van der Waals surface area contributed by atoms with Gasteiger partial charge in [-0.15, -0.1) is 0 Å². The molecule has 2 aromatic rings. The molecule has 0 bridgehead atoms. The van der Waals surface area contributed by atoms with Gasteiger partial charge < -0.3 is 4.74 Å². The third-order valence-corrected chi connectivity index (χ3v) is 3.12. The van der Waals surface area contributed by atoms with Crippen LogP contribution in [0.4, 0.5) is 0 Å². The average molecular weight is 280 g/mol. The molecule has 1 unspecified atom stereocenters. The Kier molecular flexibility index (Phi) is 5.19. The Balaban J connectivity index is 1.86. The lowest BCUT2D eigenvalue weighted by atomic mass is 10.1. The second-order valence-corrected chi connectivity index (χ2v) is 4.63. The number of rotatable bonds is 6. The quantitative estimate of drug-likeness (QED) is 0.761. The monoisotopic (exact) mass is 280 g/mol. The highest BCUT2D eigenvalue weighted by Crippen LogP contribution is 2.15. The number of Topliss-reactive ketones (excluding diaryl/α,β-unsaturated/α-hetero) is 1. The van der Waals surface area contributed by atoms with Gasteiger partial charge in [0.05, 0.1) is 30.0 Å². The largest absolute Gasteiger partial charge is 0.372 e. The number of carbonyl (C=O) groups is 1. The number of aromatic nitrogens is 1. The highest BCUT2D eigenvalue weighted by molar-refractivity contribution is 5.96. The number of nitriles is 1. The summed E-state index contributed by atoms with van der Waals surface area (Å²) in [5.41, 5.74) is 1.94. The SMILES string of the molecule is CC(OCCC(=O)c1ccccc1)c1cc(C#N)ccn1. The van der Waals surface area contributed by atoms with Crippen LogP contribution in [0.5, 0.6) is 0 Å². The van der Waals surface area contributed by atoms with E-state index in [1.165, 1.54) is 0 Å². The van der Waals surface area contributed by atoms with E-state index in [0.29, 0.717) is 29.8 Å². The molecule has 0 aliphatic rings. The zero-order valence-corrected chi connectivity index (χ0v) is 11.8. The molecule has 0 radical (unpaired) electrons. The predicted molar refractivity (Wildman–Crippen MR) is 78.7 cm³/mol. The molecule has 1 aromatic carbocycles. The van der Waals surface area contributed by atoms with E-state index in [1.54, 1.807) is 30.5 Å². The minimum atomic E-state index is -0.248. The summed E-state index contributed by atoms with van der Waals surface area (Å²) in [6.07, 6.45) is 1.66. The normalized spacial score (nSPS) is 11.6. The highest BCUT2D eigenvalue weighted by atomic mass is 16.5. The van der Waals surface area contributed by atoms with E-state index in [-0.39, 0.29) is 11.9 Å². The lowest BCUT2D eigenvalue weighted by Crippen LogP contribution is -2.08. The molecule has 4 nitrogen and oxygen atoms in total. The molecule has 2 rings (SSSR count). The number of carbonyl (C=O) groups excluding carboxylic acids is 1. The second-order valence-electron chi connectivity index (χ2n) is 4.63. The van der Waals surface area contributed by atoms with Crippen LogP contribution < -0.4 is 0 Å². The van der Waals surface area contributed by atoms with Crippen LogP contribution in [-0.2, 0) is 4.74 Å². The van der Waals surface area contributed by atoms with Gasteiger partial charge in [0.15, 0.2) is 5.78 Å². The Morgan fingerprint density at radius 2 is 2.10 bits per heavy atom. The number of hydrogen-bond acceptors (Lipinski definition) is 4. The van der Waals surface area contributed by atoms with E-state index in [0.717, 1.165) is 0 Å². The van der Waals surface area contributed by atoms with Gasteiger partial charge in [-0.05, 0) is 19.1 Å². The smallest absolute Gasteiger partial charge is 0.165 e. The standard InChI is InChI=1S/C17H16N2O2/c1-13(16-11-14(12-18)7-9-19-16)21-10-8-17(20)15-5-3-2-4-6-15/h2-7,9,11,13H,8,10H2,1H3. The fourth-order valence-electron chi connectivity index (χ4n) is 1.92.